The maximum Gasteiger partial charge on any atom is 0.256 e. The number of aromatic nitrogens is 2. The minimum Gasteiger partial charge on any atom is -0.343 e. The number of rotatable bonds is 7. The first-order chi connectivity index (χ1) is 18.6. The van der Waals surface area contributed by atoms with E-state index in [0.29, 0.717) is 23.1 Å². The van der Waals surface area contributed by atoms with Gasteiger partial charge in [-0.15, -0.1) is 0 Å². The van der Waals surface area contributed by atoms with E-state index in [1.54, 1.807) is 24.9 Å². The number of piperidine rings is 1. The van der Waals surface area contributed by atoms with Gasteiger partial charge in [-0.1, -0.05) is 0 Å². The lowest BCUT2D eigenvalue weighted by atomic mass is 9.88. The molecule has 2 aromatic heterocycles. The highest BCUT2D eigenvalue weighted by molar-refractivity contribution is 5.99. The summed E-state index contributed by atoms with van der Waals surface area (Å²) in [6.07, 6.45) is 8.98. The summed E-state index contributed by atoms with van der Waals surface area (Å²) >= 11 is 0. The smallest absolute Gasteiger partial charge is 0.256 e. The molecule has 0 atom stereocenters. The monoisotopic (exact) mass is 533 g/mol. The molecule has 2 aliphatic heterocycles. The van der Waals surface area contributed by atoms with Gasteiger partial charge in [0.15, 0.2) is 0 Å². The molecule has 4 heterocycles. The summed E-state index contributed by atoms with van der Waals surface area (Å²) < 4.78 is 16.4. The van der Waals surface area contributed by atoms with E-state index < -0.39 is 5.82 Å². The number of aryl methyl sites for hydroxylation is 1. The number of carbonyl (C=O) groups is 2. The Morgan fingerprint density at radius 2 is 1.85 bits per heavy atom. The molecule has 5 rings (SSSR count). The molecule has 0 N–H and O–H groups in total. The van der Waals surface area contributed by atoms with E-state index in [1.807, 2.05) is 35.7 Å². The van der Waals surface area contributed by atoms with E-state index in [-0.39, 0.29) is 17.9 Å². The number of hydrogen-bond acceptors (Lipinski definition) is 4. The minimum atomic E-state index is -0.424. The van der Waals surface area contributed by atoms with Crippen molar-refractivity contribution in [3.63, 3.8) is 0 Å². The molecule has 1 aromatic carbocycles. The van der Waals surface area contributed by atoms with Gasteiger partial charge in [0, 0.05) is 70.5 Å². The van der Waals surface area contributed by atoms with Gasteiger partial charge in [-0.3, -0.25) is 14.6 Å². The second kappa shape index (κ2) is 11.1. The molecule has 3 aromatic rings. The second-order valence-corrected chi connectivity index (χ2v) is 11.8. The summed E-state index contributed by atoms with van der Waals surface area (Å²) in [6.45, 7) is 12.6. The third kappa shape index (κ3) is 5.57. The van der Waals surface area contributed by atoms with Crippen molar-refractivity contribution in [3.8, 4) is 5.69 Å². The lowest BCUT2D eigenvalue weighted by molar-refractivity contribution is -0.130. The van der Waals surface area contributed by atoms with E-state index in [1.165, 1.54) is 23.1 Å². The first-order valence-electron chi connectivity index (χ1n) is 14.1. The van der Waals surface area contributed by atoms with Crippen LogP contribution in [0.5, 0.6) is 0 Å². The van der Waals surface area contributed by atoms with Crippen molar-refractivity contribution in [2.45, 2.75) is 53.0 Å². The van der Waals surface area contributed by atoms with E-state index in [0.717, 1.165) is 63.1 Å². The Labute approximate surface area is 230 Å². The van der Waals surface area contributed by atoms with Gasteiger partial charge in [-0.2, -0.15) is 0 Å². The van der Waals surface area contributed by atoms with E-state index in [4.69, 9.17) is 0 Å². The van der Waals surface area contributed by atoms with Crippen LogP contribution >= 0.6 is 0 Å². The summed E-state index contributed by atoms with van der Waals surface area (Å²) in [6, 6.07) is 4.46. The molecule has 2 saturated heterocycles. The van der Waals surface area contributed by atoms with Crippen LogP contribution in [0.2, 0.25) is 0 Å². The highest BCUT2D eigenvalue weighted by Gasteiger charge is 2.31. The predicted octanol–water partition coefficient (Wildman–Crippen LogP) is 4.69. The molecule has 8 heteroatoms. The fourth-order valence-corrected chi connectivity index (χ4v) is 6.17. The topological polar surface area (TPSA) is 61.7 Å². The standard InChI is InChI=1S/C31H40FN5O2/c1-20(2)34(5)31(39)27-13-26(32)6-7-28(27)37-19-25(30-21(3)14-33-15-29(30)37)12-24-17-35(18-24)16-23-8-10-36(11-9-23)22(4)38/h6-7,13-15,19-20,23-24H,8-12,16-18H2,1-5H3. The Hall–Kier alpha value is -3.26. The molecule has 2 amide bonds. The van der Waals surface area contributed by atoms with E-state index in [9.17, 15) is 14.0 Å². The summed E-state index contributed by atoms with van der Waals surface area (Å²) in [7, 11) is 1.75. The Balaban J connectivity index is 1.35. The highest BCUT2D eigenvalue weighted by atomic mass is 19.1. The molecule has 39 heavy (non-hydrogen) atoms. The number of likely N-dealkylation sites (tertiary alicyclic amines) is 2. The zero-order chi connectivity index (χ0) is 27.8. The van der Waals surface area contributed by atoms with Crippen molar-refractivity contribution in [2.75, 3.05) is 39.8 Å². The average Bonchev–Trinajstić information content (AvgIpc) is 3.26. The van der Waals surface area contributed by atoms with Crippen LogP contribution in [0.4, 0.5) is 4.39 Å². The van der Waals surface area contributed by atoms with Crippen molar-refractivity contribution in [2.24, 2.45) is 11.8 Å². The van der Waals surface area contributed by atoms with Crippen LogP contribution < -0.4 is 0 Å². The van der Waals surface area contributed by atoms with E-state index in [2.05, 4.69) is 23.0 Å². The Morgan fingerprint density at radius 3 is 2.51 bits per heavy atom. The summed E-state index contributed by atoms with van der Waals surface area (Å²) in [5.74, 6) is 0.788. The van der Waals surface area contributed by atoms with Crippen molar-refractivity contribution in [1.29, 1.82) is 0 Å². The van der Waals surface area contributed by atoms with Crippen LogP contribution in [0, 0.1) is 24.6 Å². The number of amides is 2. The van der Waals surface area contributed by atoms with Gasteiger partial charge in [0.25, 0.3) is 5.91 Å². The van der Waals surface area contributed by atoms with Crippen LogP contribution in [0.15, 0.2) is 36.8 Å². The Morgan fingerprint density at radius 1 is 1.13 bits per heavy atom. The first kappa shape index (κ1) is 27.3. The maximum absolute atomic E-state index is 14.3. The number of pyridine rings is 1. The summed E-state index contributed by atoms with van der Waals surface area (Å²) in [5.41, 5.74) is 4.30. The summed E-state index contributed by atoms with van der Waals surface area (Å²) in [4.78, 5) is 35.5. The van der Waals surface area contributed by atoms with Gasteiger partial charge in [0.1, 0.15) is 5.82 Å². The Kier molecular flexibility index (Phi) is 7.76. The minimum absolute atomic E-state index is 0.00209. The normalized spacial score (nSPS) is 17.2. The molecule has 0 bridgehead atoms. The molecule has 208 valence electrons. The molecule has 7 nitrogen and oxygen atoms in total. The second-order valence-electron chi connectivity index (χ2n) is 11.8. The number of halogens is 1. The molecule has 0 radical (unpaired) electrons. The van der Waals surface area contributed by atoms with Crippen molar-refractivity contribution >= 4 is 22.7 Å². The first-order valence-corrected chi connectivity index (χ1v) is 14.1. The number of fused-ring (bicyclic) bond motifs is 1. The van der Waals surface area contributed by atoms with Gasteiger partial charge in [0.05, 0.1) is 23.0 Å². The van der Waals surface area contributed by atoms with Gasteiger partial charge in [-0.05, 0) is 81.2 Å². The van der Waals surface area contributed by atoms with Crippen LogP contribution in [0.25, 0.3) is 16.6 Å². The van der Waals surface area contributed by atoms with Crippen molar-refractivity contribution < 1.29 is 14.0 Å². The molecular weight excluding hydrogens is 493 g/mol. The van der Waals surface area contributed by atoms with Crippen molar-refractivity contribution in [3.05, 3.63) is 59.3 Å². The van der Waals surface area contributed by atoms with Crippen LogP contribution in [0.1, 0.15) is 55.1 Å². The third-order valence-corrected chi connectivity index (χ3v) is 8.64. The van der Waals surface area contributed by atoms with Crippen LogP contribution in [-0.4, -0.2) is 81.9 Å². The molecule has 0 aliphatic carbocycles. The van der Waals surface area contributed by atoms with Gasteiger partial charge >= 0.3 is 0 Å². The zero-order valence-electron chi connectivity index (χ0n) is 23.8. The Bertz CT molecular complexity index is 1370. The third-order valence-electron chi connectivity index (χ3n) is 8.64. The highest BCUT2D eigenvalue weighted by Crippen LogP contribution is 2.33. The number of nitrogens with zero attached hydrogens (tertiary/aromatic N) is 5. The largest absolute Gasteiger partial charge is 0.343 e. The molecular formula is C31H40FN5O2. The SMILES string of the molecule is CC(=O)N1CCC(CN2CC(Cc3cn(-c4ccc(F)cc4C(=O)N(C)C(C)C)c4cncc(C)c34)C2)CC1. The summed E-state index contributed by atoms with van der Waals surface area (Å²) in [5, 5.41) is 1.17. The molecule has 0 unspecified atom stereocenters. The lowest BCUT2D eigenvalue weighted by Gasteiger charge is -2.43. The molecule has 2 fully saturated rings. The quantitative estimate of drug-likeness (QED) is 0.442. The maximum atomic E-state index is 14.3. The average molecular weight is 534 g/mol. The number of hydrogen-bond donors (Lipinski definition) is 0. The van der Waals surface area contributed by atoms with Gasteiger partial charge in [0.2, 0.25) is 5.91 Å². The molecule has 2 aliphatic rings. The molecule has 0 spiro atoms. The predicted molar refractivity (Wildman–Crippen MR) is 152 cm³/mol. The fourth-order valence-electron chi connectivity index (χ4n) is 6.17. The number of carbonyl (C=O) groups excluding carboxylic acids is 2. The zero-order valence-corrected chi connectivity index (χ0v) is 23.8. The van der Waals surface area contributed by atoms with Gasteiger partial charge in [-0.25, -0.2) is 4.39 Å². The fraction of sp³-hybridized carbons (Fsp3) is 0.516. The van der Waals surface area contributed by atoms with Crippen LogP contribution in [-0.2, 0) is 11.2 Å². The lowest BCUT2D eigenvalue weighted by Crippen LogP contribution is -2.50. The van der Waals surface area contributed by atoms with Crippen molar-refractivity contribution in [1.82, 2.24) is 24.3 Å². The van der Waals surface area contributed by atoms with Gasteiger partial charge < -0.3 is 19.3 Å². The van der Waals surface area contributed by atoms with Crippen LogP contribution in [0.3, 0.4) is 0 Å². The van der Waals surface area contributed by atoms with E-state index >= 15 is 0 Å². The molecule has 0 saturated carbocycles. The number of benzene rings is 1.